The molecule has 0 fully saturated rings. The van der Waals surface area contributed by atoms with Crippen LogP contribution in [0.1, 0.15) is 31.9 Å². The van der Waals surface area contributed by atoms with E-state index in [0.29, 0.717) is 23.5 Å². The average Bonchev–Trinajstić information content (AvgIpc) is 2.89. The van der Waals surface area contributed by atoms with Gasteiger partial charge < -0.3 is 10.3 Å². The Bertz CT molecular complexity index is 706. The molecule has 0 unspecified atom stereocenters. The summed E-state index contributed by atoms with van der Waals surface area (Å²) in [5, 5.41) is 7.90. The Morgan fingerprint density at radius 2 is 2.17 bits per heavy atom. The molecular formula is C17H24N4OS. The van der Waals surface area contributed by atoms with Crippen LogP contribution in [0.25, 0.3) is 10.9 Å². The summed E-state index contributed by atoms with van der Waals surface area (Å²) in [6.07, 6.45) is 1.95. The number of aryl methyl sites for hydroxylation is 1. The second-order valence-corrected chi connectivity index (χ2v) is 7.13. The highest BCUT2D eigenvalue weighted by Crippen LogP contribution is 2.20. The molecule has 2 aromatic rings. The number of hydrogen-bond acceptors (Lipinski definition) is 3. The maximum absolute atomic E-state index is 12.1. The number of urea groups is 1. The molecule has 0 atom stereocenters. The zero-order valence-corrected chi connectivity index (χ0v) is 14.9. The van der Waals surface area contributed by atoms with Crippen molar-refractivity contribution in [1.29, 1.82) is 0 Å². The standard InChI is InChI=1S/C17H24N4OS/c1-5-18-17(23-11(2)3)21-16(22)20-10-13-9-19-15-12(4)7-6-8-14(13)15/h6-9,11,19H,5,10H2,1-4H3,(H2,18,20,21,22). The number of thioether (sulfide) groups is 1. The van der Waals surface area contributed by atoms with Crippen molar-refractivity contribution >= 4 is 33.9 Å². The average molecular weight is 332 g/mol. The highest BCUT2D eigenvalue weighted by molar-refractivity contribution is 8.14. The Morgan fingerprint density at radius 3 is 2.87 bits per heavy atom. The Hall–Kier alpha value is -1.95. The van der Waals surface area contributed by atoms with Gasteiger partial charge in [0.15, 0.2) is 5.17 Å². The molecular weight excluding hydrogens is 308 g/mol. The van der Waals surface area contributed by atoms with Crippen molar-refractivity contribution in [2.24, 2.45) is 4.99 Å². The van der Waals surface area contributed by atoms with Gasteiger partial charge in [-0.25, -0.2) is 4.79 Å². The van der Waals surface area contributed by atoms with E-state index in [9.17, 15) is 4.79 Å². The number of carbonyl (C=O) groups is 1. The van der Waals surface area contributed by atoms with Crippen molar-refractivity contribution in [3.8, 4) is 0 Å². The van der Waals surface area contributed by atoms with Crippen LogP contribution in [0.2, 0.25) is 0 Å². The Kier molecular flexibility index (Phi) is 6.10. The molecule has 5 nitrogen and oxygen atoms in total. The van der Waals surface area contributed by atoms with Crippen molar-refractivity contribution in [1.82, 2.24) is 15.6 Å². The molecule has 1 heterocycles. The number of aliphatic imine (C=N–C) groups is 1. The minimum atomic E-state index is -0.229. The maximum atomic E-state index is 12.1. The molecule has 0 aliphatic carbocycles. The summed E-state index contributed by atoms with van der Waals surface area (Å²) in [6.45, 7) is 9.29. The fourth-order valence-corrected chi connectivity index (χ4v) is 3.10. The molecule has 0 radical (unpaired) electrons. The Balaban J connectivity index is 1.98. The zero-order chi connectivity index (χ0) is 16.8. The number of amides is 2. The zero-order valence-electron chi connectivity index (χ0n) is 14.1. The van der Waals surface area contributed by atoms with Crippen LogP contribution in [0.4, 0.5) is 4.79 Å². The lowest BCUT2D eigenvalue weighted by Crippen LogP contribution is -2.38. The van der Waals surface area contributed by atoms with Crippen molar-refractivity contribution in [2.45, 2.75) is 39.5 Å². The molecule has 0 saturated heterocycles. The normalized spacial score (nSPS) is 12.0. The number of rotatable bonds is 4. The van der Waals surface area contributed by atoms with Crippen LogP contribution in [-0.2, 0) is 6.54 Å². The molecule has 0 saturated carbocycles. The third-order valence-electron chi connectivity index (χ3n) is 3.32. The highest BCUT2D eigenvalue weighted by atomic mass is 32.2. The van der Waals surface area contributed by atoms with Gasteiger partial charge in [-0.15, -0.1) is 0 Å². The lowest BCUT2D eigenvalue weighted by Gasteiger charge is -2.11. The quantitative estimate of drug-likeness (QED) is 0.589. The summed E-state index contributed by atoms with van der Waals surface area (Å²) in [6, 6.07) is 5.93. The number of nitrogens with zero attached hydrogens (tertiary/aromatic N) is 1. The van der Waals surface area contributed by atoms with E-state index >= 15 is 0 Å². The maximum Gasteiger partial charge on any atom is 0.321 e. The van der Waals surface area contributed by atoms with E-state index in [0.717, 1.165) is 16.5 Å². The molecule has 23 heavy (non-hydrogen) atoms. The third kappa shape index (κ3) is 4.76. The topological polar surface area (TPSA) is 69.3 Å². The summed E-state index contributed by atoms with van der Waals surface area (Å²) >= 11 is 1.55. The highest BCUT2D eigenvalue weighted by Gasteiger charge is 2.10. The van der Waals surface area contributed by atoms with Gasteiger partial charge in [-0.1, -0.05) is 43.8 Å². The van der Waals surface area contributed by atoms with E-state index in [4.69, 9.17) is 0 Å². The van der Waals surface area contributed by atoms with Gasteiger partial charge in [0.2, 0.25) is 0 Å². The minimum Gasteiger partial charge on any atom is -0.361 e. The smallest absolute Gasteiger partial charge is 0.321 e. The summed E-state index contributed by atoms with van der Waals surface area (Å²) in [7, 11) is 0. The summed E-state index contributed by atoms with van der Waals surface area (Å²) in [4.78, 5) is 19.7. The molecule has 2 rings (SSSR count). The van der Waals surface area contributed by atoms with Crippen LogP contribution in [0, 0.1) is 6.92 Å². The number of fused-ring (bicyclic) bond motifs is 1. The van der Waals surface area contributed by atoms with E-state index in [-0.39, 0.29) is 6.03 Å². The van der Waals surface area contributed by atoms with Crippen LogP contribution in [-0.4, -0.2) is 28.0 Å². The van der Waals surface area contributed by atoms with E-state index < -0.39 is 0 Å². The first-order chi connectivity index (χ1) is 11.0. The van der Waals surface area contributed by atoms with Gasteiger partial charge in [-0.05, 0) is 25.0 Å². The Morgan fingerprint density at radius 1 is 1.39 bits per heavy atom. The first kappa shape index (κ1) is 17.4. The first-order valence-corrected chi connectivity index (χ1v) is 8.70. The number of benzene rings is 1. The molecule has 0 aliphatic rings. The van der Waals surface area contributed by atoms with Crippen molar-refractivity contribution in [2.75, 3.05) is 6.54 Å². The molecule has 124 valence electrons. The number of nitrogens with one attached hydrogen (secondary N) is 3. The summed E-state index contributed by atoms with van der Waals surface area (Å²) in [5.74, 6) is 0. The number of hydrogen-bond donors (Lipinski definition) is 3. The number of aromatic nitrogens is 1. The van der Waals surface area contributed by atoms with Gasteiger partial charge in [0, 0.05) is 35.4 Å². The van der Waals surface area contributed by atoms with Crippen LogP contribution < -0.4 is 10.6 Å². The van der Waals surface area contributed by atoms with E-state index in [1.807, 2.05) is 19.2 Å². The minimum absolute atomic E-state index is 0.229. The lowest BCUT2D eigenvalue weighted by molar-refractivity contribution is 0.245. The van der Waals surface area contributed by atoms with Gasteiger partial charge in [-0.3, -0.25) is 10.3 Å². The van der Waals surface area contributed by atoms with Gasteiger partial charge in [-0.2, -0.15) is 0 Å². The van der Waals surface area contributed by atoms with Crippen LogP contribution in [0.5, 0.6) is 0 Å². The number of aromatic amines is 1. The van der Waals surface area contributed by atoms with Crippen molar-refractivity contribution < 1.29 is 4.79 Å². The molecule has 1 aromatic heterocycles. The molecule has 3 N–H and O–H groups in total. The molecule has 0 aliphatic heterocycles. The largest absolute Gasteiger partial charge is 0.361 e. The fraction of sp³-hybridized carbons (Fsp3) is 0.412. The summed E-state index contributed by atoms with van der Waals surface area (Å²) in [5.41, 5.74) is 3.39. The number of carbonyl (C=O) groups excluding carboxylic acids is 1. The van der Waals surface area contributed by atoms with E-state index in [2.05, 4.69) is 53.5 Å². The molecule has 0 spiro atoms. The monoisotopic (exact) mass is 332 g/mol. The third-order valence-corrected chi connectivity index (χ3v) is 4.24. The second kappa shape index (κ2) is 8.06. The Labute approximate surface area is 141 Å². The molecule has 1 aromatic carbocycles. The van der Waals surface area contributed by atoms with Gasteiger partial charge in [0.05, 0.1) is 0 Å². The molecule has 2 amide bonds. The second-order valence-electron chi connectivity index (χ2n) is 5.57. The van der Waals surface area contributed by atoms with Gasteiger partial charge in [0.1, 0.15) is 0 Å². The first-order valence-electron chi connectivity index (χ1n) is 7.82. The number of para-hydroxylation sites is 1. The van der Waals surface area contributed by atoms with Crippen molar-refractivity contribution in [3.05, 3.63) is 35.5 Å². The van der Waals surface area contributed by atoms with Crippen LogP contribution in [0.3, 0.4) is 0 Å². The predicted molar refractivity (Wildman–Crippen MR) is 99.1 cm³/mol. The van der Waals surface area contributed by atoms with Crippen molar-refractivity contribution in [3.63, 3.8) is 0 Å². The predicted octanol–water partition coefficient (Wildman–Crippen LogP) is 3.79. The molecule has 6 heteroatoms. The SMILES string of the molecule is CCN=C(NC(=O)NCc1c[nH]c2c(C)cccc12)SC(C)C. The van der Waals surface area contributed by atoms with Gasteiger partial charge >= 0.3 is 6.03 Å². The number of amidine groups is 1. The number of H-pyrrole nitrogens is 1. The van der Waals surface area contributed by atoms with E-state index in [1.165, 1.54) is 5.56 Å². The summed E-state index contributed by atoms with van der Waals surface area (Å²) < 4.78 is 0. The van der Waals surface area contributed by atoms with Gasteiger partial charge in [0.25, 0.3) is 0 Å². The molecule has 0 bridgehead atoms. The van der Waals surface area contributed by atoms with Crippen LogP contribution in [0.15, 0.2) is 29.4 Å². The lowest BCUT2D eigenvalue weighted by atomic mass is 10.1. The fourth-order valence-electron chi connectivity index (χ4n) is 2.30. The van der Waals surface area contributed by atoms with E-state index in [1.54, 1.807) is 11.8 Å². The van der Waals surface area contributed by atoms with Crippen LogP contribution >= 0.6 is 11.8 Å².